The largest absolute Gasteiger partial charge is 0.494 e. The molecule has 1 aromatic heterocycles. The number of benzene rings is 2. The van der Waals surface area contributed by atoms with Crippen molar-refractivity contribution < 1.29 is 4.74 Å². The monoisotopic (exact) mass is 564 g/mol. The van der Waals surface area contributed by atoms with Crippen LogP contribution in [0.1, 0.15) is 18.4 Å². The van der Waals surface area contributed by atoms with Gasteiger partial charge in [0.1, 0.15) is 11.6 Å². The molecule has 37 heavy (non-hydrogen) atoms. The zero-order valence-electron chi connectivity index (χ0n) is 21.8. The van der Waals surface area contributed by atoms with Crippen LogP contribution in [0, 0.1) is 13.0 Å². The lowest BCUT2D eigenvalue weighted by molar-refractivity contribution is 0.0982. The Hall–Kier alpha value is -2.88. The number of methoxy groups -OCH3 is 1. The minimum atomic E-state index is 0.486. The third-order valence-corrected chi connectivity index (χ3v) is 7.91. The first kappa shape index (κ1) is 25.8. The standard InChI is InChI=1S/C28H35BrN7O/c1-20-17-24(32-28-30-19-23(29)27(33-28)31-21-7-5-4-6-8-21)26(37-3)18-25(20)36-11-9-22(10-12-36)35-15-13-34(2)14-16-35/h4-7,17-19,22H,9-16H2,1-3H3,(H2,30,31,32,33). The predicted octanol–water partition coefficient (Wildman–Crippen LogP) is 5.06. The van der Waals surface area contributed by atoms with E-state index in [0.29, 0.717) is 17.8 Å². The molecule has 2 fully saturated rings. The van der Waals surface area contributed by atoms with Gasteiger partial charge in [0.15, 0.2) is 0 Å². The molecule has 0 saturated carbocycles. The second-order valence-corrected chi connectivity index (χ2v) is 10.7. The van der Waals surface area contributed by atoms with E-state index >= 15 is 0 Å². The topological polar surface area (TPSA) is 68.8 Å². The number of hydrogen-bond acceptors (Lipinski definition) is 8. The molecule has 0 aliphatic carbocycles. The summed E-state index contributed by atoms with van der Waals surface area (Å²) >= 11 is 3.53. The number of aromatic nitrogens is 2. The van der Waals surface area contributed by atoms with E-state index in [1.54, 1.807) is 13.3 Å². The molecule has 0 atom stereocenters. The number of aryl methyl sites for hydroxylation is 1. The van der Waals surface area contributed by atoms with Crippen molar-refractivity contribution in [3.63, 3.8) is 0 Å². The number of ether oxygens (including phenoxy) is 1. The van der Waals surface area contributed by atoms with Crippen molar-refractivity contribution in [3.8, 4) is 5.75 Å². The van der Waals surface area contributed by atoms with E-state index < -0.39 is 0 Å². The molecule has 2 aliphatic heterocycles. The Morgan fingerprint density at radius 1 is 1.05 bits per heavy atom. The smallest absolute Gasteiger partial charge is 0.229 e. The van der Waals surface area contributed by atoms with E-state index in [2.05, 4.69) is 83.4 Å². The van der Waals surface area contributed by atoms with Crippen molar-refractivity contribution >= 4 is 44.8 Å². The van der Waals surface area contributed by atoms with Gasteiger partial charge < -0.3 is 25.2 Å². The molecule has 195 valence electrons. The highest BCUT2D eigenvalue weighted by Gasteiger charge is 2.27. The number of hydrogen-bond donors (Lipinski definition) is 2. The number of nitrogens with one attached hydrogen (secondary N) is 2. The van der Waals surface area contributed by atoms with Crippen LogP contribution in [0.2, 0.25) is 0 Å². The van der Waals surface area contributed by atoms with Crippen LogP contribution in [0.25, 0.3) is 0 Å². The molecule has 2 aliphatic rings. The lowest BCUT2D eigenvalue weighted by atomic mass is 10.0. The molecular formula is C28H35BrN7O. The maximum absolute atomic E-state index is 5.79. The molecule has 0 bridgehead atoms. The van der Waals surface area contributed by atoms with Crippen LogP contribution in [-0.4, -0.2) is 79.2 Å². The van der Waals surface area contributed by atoms with Crippen LogP contribution in [0.4, 0.5) is 28.8 Å². The summed E-state index contributed by atoms with van der Waals surface area (Å²) in [6.07, 6.45) is 4.14. The Kier molecular flexibility index (Phi) is 8.12. The van der Waals surface area contributed by atoms with Crippen molar-refractivity contribution in [3.05, 3.63) is 58.7 Å². The third kappa shape index (κ3) is 6.17. The zero-order chi connectivity index (χ0) is 25.8. The van der Waals surface area contributed by atoms with Gasteiger partial charge in [-0.1, -0.05) is 18.2 Å². The van der Waals surface area contributed by atoms with Crippen molar-refractivity contribution in [2.75, 3.05) is 69.0 Å². The van der Waals surface area contributed by atoms with E-state index in [9.17, 15) is 0 Å². The van der Waals surface area contributed by atoms with Gasteiger partial charge in [-0.15, -0.1) is 0 Å². The minimum absolute atomic E-state index is 0.486. The van der Waals surface area contributed by atoms with E-state index in [1.807, 2.05) is 24.3 Å². The molecule has 3 aromatic rings. The highest BCUT2D eigenvalue weighted by atomic mass is 79.9. The van der Waals surface area contributed by atoms with E-state index in [1.165, 1.54) is 50.3 Å². The Morgan fingerprint density at radius 2 is 1.84 bits per heavy atom. The summed E-state index contributed by atoms with van der Waals surface area (Å²) in [5.41, 5.74) is 4.12. The summed E-state index contributed by atoms with van der Waals surface area (Å²) in [7, 11) is 3.93. The second-order valence-electron chi connectivity index (χ2n) is 9.81. The molecule has 8 nitrogen and oxygen atoms in total. The SMILES string of the molecule is COc1cc(N2CCC(N3CCN(C)CC3)CC2)c(C)cc1Nc1ncc(Br)c(Nc2[c]cccc2)n1. The Balaban J connectivity index is 1.28. The van der Waals surface area contributed by atoms with Gasteiger partial charge in [-0.3, -0.25) is 4.90 Å². The molecule has 2 saturated heterocycles. The molecular weight excluding hydrogens is 530 g/mol. The van der Waals surface area contributed by atoms with Gasteiger partial charge in [0.2, 0.25) is 5.95 Å². The van der Waals surface area contributed by atoms with Crippen molar-refractivity contribution in [1.82, 2.24) is 19.8 Å². The van der Waals surface area contributed by atoms with Gasteiger partial charge in [0, 0.05) is 75.0 Å². The molecule has 2 aromatic carbocycles. The summed E-state index contributed by atoms with van der Waals surface area (Å²) in [5, 5.41) is 6.64. The van der Waals surface area contributed by atoms with Gasteiger partial charge in [-0.2, -0.15) is 4.98 Å². The molecule has 9 heteroatoms. The molecule has 3 heterocycles. The first-order valence-electron chi connectivity index (χ1n) is 12.9. The second kappa shape index (κ2) is 11.7. The van der Waals surface area contributed by atoms with Gasteiger partial charge in [0.25, 0.3) is 0 Å². The summed E-state index contributed by atoms with van der Waals surface area (Å²) in [6, 6.07) is 15.8. The number of nitrogens with zero attached hydrogens (tertiary/aromatic N) is 5. The fourth-order valence-electron chi connectivity index (χ4n) is 5.18. The predicted molar refractivity (Wildman–Crippen MR) is 154 cm³/mol. The van der Waals surface area contributed by atoms with Crippen LogP contribution in [0.3, 0.4) is 0 Å². The fourth-order valence-corrected chi connectivity index (χ4v) is 5.47. The van der Waals surface area contributed by atoms with Gasteiger partial charge >= 0.3 is 0 Å². The number of para-hydroxylation sites is 1. The normalized spacial score (nSPS) is 17.6. The first-order valence-corrected chi connectivity index (χ1v) is 13.7. The maximum atomic E-state index is 5.79. The van der Waals surface area contributed by atoms with E-state index in [0.717, 1.165) is 34.7 Å². The number of rotatable bonds is 7. The molecule has 0 unspecified atom stereocenters. The molecule has 0 spiro atoms. The first-order chi connectivity index (χ1) is 18.0. The lowest BCUT2D eigenvalue weighted by Gasteiger charge is -2.43. The van der Waals surface area contributed by atoms with E-state index in [4.69, 9.17) is 4.74 Å². The van der Waals surface area contributed by atoms with E-state index in [-0.39, 0.29) is 0 Å². The summed E-state index contributed by atoms with van der Waals surface area (Å²) in [5.74, 6) is 1.93. The van der Waals surface area contributed by atoms with Crippen LogP contribution in [-0.2, 0) is 0 Å². The van der Waals surface area contributed by atoms with Crippen molar-refractivity contribution in [2.45, 2.75) is 25.8 Å². The third-order valence-electron chi connectivity index (χ3n) is 7.33. The summed E-state index contributed by atoms with van der Waals surface area (Å²) < 4.78 is 6.56. The highest BCUT2D eigenvalue weighted by molar-refractivity contribution is 9.10. The Morgan fingerprint density at radius 3 is 2.54 bits per heavy atom. The average Bonchev–Trinajstić information content (AvgIpc) is 2.92. The zero-order valence-corrected chi connectivity index (χ0v) is 23.4. The number of anilines is 5. The van der Waals surface area contributed by atoms with Crippen LogP contribution < -0.4 is 20.3 Å². The maximum Gasteiger partial charge on any atom is 0.229 e. The minimum Gasteiger partial charge on any atom is -0.494 e. The summed E-state index contributed by atoms with van der Waals surface area (Å²) in [4.78, 5) is 16.7. The average molecular weight is 566 g/mol. The van der Waals surface area contributed by atoms with Crippen molar-refractivity contribution in [1.29, 1.82) is 0 Å². The Labute approximate surface area is 228 Å². The van der Waals surface area contributed by atoms with Crippen LogP contribution >= 0.6 is 15.9 Å². The number of piperazine rings is 1. The molecule has 1 radical (unpaired) electrons. The van der Waals surface area contributed by atoms with Gasteiger partial charge in [-0.05, 0) is 60.4 Å². The molecule has 2 N–H and O–H groups in total. The quantitative estimate of drug-likeness (QED) is 0.412. The van der Waals surface area contributed by atoms with Crippen LogP contribution in [0.5, 0.6) is 5.75 Å². The van der Waals surface area contributed by atoms with Crippen molar-refractivity contribution in [2.24, 2.45) is 0 Å². The number of likely N-dealkylation sites (N-methyl/N-ethyl adjacent to an activating group) is 1. The summed E-state index contributed by atoms with van der Waals surface area (Å²) in [6.45, 7) is 9.02. The number of halogens is 1. The fraction of sp³-hybridized carbons (Fsp3) is 0.429. The van der Waals surface area contributed by atoms with Crippen LogP contribution in [0.15, 0.2) is 47.1 Å². The van der Waals surface area contributed by atoms with Gasteiger partial charge in [-0.25, -0.2) is 4.98 Å². The Bertz CT molecular complexity index is 1190. The highest BCUT2D eigenvalue weighted by Crippen LogP contribution is 2.36. The lowest BCUT2D eigenvalue weighted by Crippen LogP contribution is -2.52. The molecule has 5 rings (SSSR count). The van der Waals surface area contributed by atoms with Gasteiger partial charge in [0.05, 0.1) is 17.3 Å². The molecule has 0 amide bonds. The number of piperidine rings is 1.